The van der Waals surface area contributed by atoms with E-state index in [4.69, 9.17) is 5.26 Å². The summed E-state index contributed by atoms with van der Waals surface area (Å²) in [5, 5.41) is 8.80. The predicted octanol–water partition coefficient (Wildman–Crippen LogP) is 1.62. The molecule has 2 nitrogen and oxygen atoms in total. The van der Waals surface area contributed by atoms with Gasteiger partial charge in [-0.15, -0.1) is 0 Å². The number of nitrogens with zero attached hydrogens (tertiary/aromatic N) is 1. The van der Waals surface area contributed by atoms with Gasteiger partial charge in [-0.25, -0.2) is 0 Å². The van der Waals surface area contributed by atoms with Crippen LogP contribution in [0.4, 0.5) is 0 Å². The van der Waals surface area contributed by atoms with Crippen LogP contribution in [0.15, 0.2) is 24.3 Å². The highest BCUT2D eigenvalue weighted by Crippen LogP contribution is 2.09. The van der Waals surface area contributed by atoms with Gasteiger partial charge in [0.1, 0.15) is 0 Å². The Balaban J connectivity index is 2.96. The summed E-state index contributed by atoms with van der Waals surface area (Å²) in [5.41, 5.74) is 1.03. The SMILES string of the molecule is C[S+](C)CC(=O)c1ccccc1C#N. The van der Waals surface area contributed by atoms with Crippen molar-refractivity contribution >= 4 is 16.7 Å². The molecule has 0 saturated carbocycles. The van der Waals surface area contributed by atoms with Crippen molar-refractivity contribution in [2.75, 3.05) is 18.3 Å². The van der Waals surface area contributed by atoms with Crippen LogP contribution >= 0.6 is 0 Å². The van der Waals surface area contributed by atoms with Crippen molar-refractivity contribution in [3.63, 3.8) is 0 Å². The van der Waals surface area contributed by atoms with Crippen molar-refractivity contribution in [2.45, 2.75) is 0 Å². The summed E-state index contributed by atoms with van der Waals surface area (Å²) in [7, 11) is 0.0846. The van der Waals surface area contributed by atoms with E-state index in [1.54, 1.807) is 24.3 Å². The summed E-state index contributed by atoms with van der Waals surface area (Å²) in [6, 6.07) is 8.99. The van der Waals surface area contributed by atoms with E-state index in [9.17, 15) is 4.79 Å². The number of nitriles is 1. The fraction of sp³-hybridized carbons (Fsp3) is 0.273. The van der Waals surface area contributed by atoms with Crippen molar-refractivity contribution in [3.8, 4) is 6.07 Å². The number of Topliss-reactive ketones (excluding diaryl/α,β-unsaturated/α-hetero) is 1. The van der Waals surface area contributed by atoms with Gasteiger partial charge in [0.15, 0.2) is 5.75 Å². The topological polar surface area (TPSA) is 40.9 Å². The van der Waals surface area contributed by atoms with E-state index in [-0.39, 0.29) is 16.7 Å². The molecule has 14 heavy (non-hydrogen) atoms. The van der Waals surface area contributed by atoms with Crippen molar-refractivity contribution in [1.29, 1.82) is 5.26 Å². The summed E-state index contributed by atoms with van der Waals surface area (Å²) in [4.78, 5) is 11.7. The van der Waals surface area contributed by atoms with Gasteiger partial charge in [0, 0.05) is 5.56 Å². The van der Waals surface area contributed by atoms with Crippen LogP contribution in [0.3, 0.4) is 0 Å². The van der Waals surface area contributed by atoms with Gasteiger partial charge in [0.25, 0.3) is 0 Å². The molecule has 0 fully saturated rings. The minimum absolute atomic E-state index is 0.0653. The largest absolute Gasteiger partial charge is 0.289 e. The number of rotatable bonds is 3. The molecule has 0 N–H and O–H groups in total. The summed E-state index contributed by atoms with van der Waals surface area (Å²) in [6.45, 7) is 0. The molecule has 0 heterocycles. The van der Waals surface area contributed by atoms with Crippen LogP contribution in [0.25, 0.3) is 0 Å². The quantitative estimate of drug-likeness (QED) is 0.557. The third-order valence-corrected chi connectivity index (χ3v) is 2.61. The van der Waals surface area contributed by atoms with Gasteiger partial charge in [0.05, 0.1) is 24.1 Å². The zero-order valence-electron chi connectivity index (χ0n) is 8.28. The molecule has 0 radical (unpaired) electrons. The maximum atomic E-state index is 11.7. The van der Waals surface area contributed by atoms with Crippen molar-refractivity contribution in [2.24, 2.45) is 0 Å². The van der Waals surface area contributed by atoms with Crippen LogP contribution in [0.1, 0.15) is 15.9 Å². The average Bonchev–Trinajstić information content (AvgIpc) is 2.16. The smallest absolute Gasteiger partial charge is 0.213 e. The van der Waals surface area contributed by atoms with E-state index < -0.39 is 0 Å². The lowest BCUT2D eigenvalue weighted by Crippen LogP contribution is -2.14. The second kappa shape index (κ2) is 4.83. The zero-order chi connectivity index (χ0) is 10.6. The molecule has 1 aromatic rings. The highest BCUT2D eigenvalue weighted by molar-refractivity contribution is 7.96. The predicted molar refractivity (Wildman–Crippen MR) is 59.6 cm³/mol. The Bertz CT molecular complexity index is 379. The maximum absolute atomic E-state index is 11.7. The molecule has 0 unspecified atom stereocenters. The van der Waals surface area contributed by atoms with E-state index in [1.807, 2.05) is 18.6 Å². The Kier molecular flexibility index (Phi) is 3.73. The van der Waals surface area contributed by atoms with Gasteiger partial charge in [-0.2, -0.15) is 5.26 Å². The highest BCUT2D eigenvalue weighted by Gasteiger charge is 2.16. The van der Waals surface area contributed by atoms with E-state index in [1.165, 1.54) is 0 Å². The number of benzene rings is 1. The van der Waals surface area contributed by atoms with Crippen LogP contribution in [0, 0.1) is 11.3 Å². The standard InChI is InChI=1S/C11H12NOS/c1-14(2)8-11(13)10-6-4-3-5-9(10)7-12/h3-6H,8H2,1-2H3/q+1. The minimum atomic E-state index is 0.0653. The van der Waals surface area contributed by atoms with E-state index >= 15 is 0 Å². The molecule has 0 amide bonds. The van der Waals surface area contributed by atoms with Crippen molar-refractivity contribution < 1.29 is 4.79 Å². The summed E-state index contributed by atoms with van der Waals surface area (Å²) in [6.07, 6.45) is 4.04. The second-order valence-electron chi connectivity index (χ2n) is 3.21. The van der Waals surface area contributed by atoms with E-state index in [0.717, 1.165) is 0 Å². The van der Waals surface area contributed by atoms with E-state index in [2.05, 4.69) is 0 Å². The fourth-order valence-electron chi connectivity index (χ4n) is 1.16. The zero-order valence-corrected chi connectivity index (χ0v) is 9.10. The van der Waals surface area contributed by atoms with Crippen LogP contribution in [-0.4, -0.2) is 24.0 Å². The third kappa shape index (κ3) is 2.61. The Hall–Kier alpha value is -1.27. The first-order valence-corrected chi connectivity index (χ1v) is 6.42. The molecule has 0 bridgehead atoms. The Morgan fingerprint density at radius 2 is 2.07 bits per heavy atom. The minimum Gasteiger partial charge on any atom is -0.289 e. The summed E-state index contributed by atoms with van der Waals surface area (Å²) < 4.78 is 0. The van der Waals surface area contributed by atoms with Gasteiger partial charge in [-0.3, -0.25) is 4.79 Å². The molecule has 0 spiro atoms. The van der Waals surface area contributed by atoms with Gasteiger partial charge < -0.3 is 0 Å². The molecule has 1 aromatic carbocycles. The van der Waals surface area contributed by atoms with E-state index in [0.29, 0.717) is 16.9 Å². The number of hydrogen-bond donors (Lipinski definition) is 0. The Morgan fingerprint density at radius 1 is 1.43 bits per heavy atom. The second-order valence-corrected chi connectivity index (χ2v) is 5.47. The molecular weight excluding hydrogens is 194 g/mol. The molecule has 72 valence electrons. The first-order chi connectivity index (χ1) is 6.65. The van der Waals surface area contributed by atoms with Crippen molar-refractivity contribution in [1.82, 2.24) is 0 Å². The van der Waals surface area contributed by atoms with Gasteiger partial charge in [-0.1, -0.05) is 12.1 Å². The van der Waals surface area contributed by atoms with Crippen LogP contribution in [-0.2, 0) is 10.9 Å². The lowest BCUT2D eigenvalue weighted by atomic mass is 10.1. The number of hydrogen-bond acceptors (Lipinski definition) is 2. The average molecular weight is 206 g/mol. The molecular formula is C11H12NOS+. The molecule has 1 rings (SSSR count). The van der Waals surface area contributed by atoms with Gasteiger partial charge >= 0.3 is 0 Å². The van der Waals surface area contributed by atoms with Gasteiger partial charge in [0.2, 0.25) is 5.78 Å². The maximum Gasteiger partial charge on any atom is 0.213 e. The molecule has 0 aliphatic carbocycles. The molecule has 0 aliphatic rings. The number of ketones is 1. The Labute approximate surface area is 86.9 Å². The first-order valence-electron chi connectivity index (χ1n) is 4.21. The molecule has 0 aliphatic heterocycles. The van der Waals surface area contributed by atoms with Crippen LogP contribution in [0.5, 0.6) is 0 Å². The molecule has 0 atom stereocenters. The molecule has 3 heteroatoms. The summed E-state index contributed by atoms with van der Waals surface area (Å²) in [5.74, 6) is 0.592. The van der Waals surface area contributed by atoms with Crippen LogP contribution < -0.4 is 0 Å². The van der Waals surface area contributed by atoms with Crippen molar-refractivity contribution in [3.05, 3.63) is 35.4 Å². The number of carbonyl (C=O) groups excluding carboxylic acids is 1. The van der Waals surface area contributed by atoms with Crippen LogP contribution in [0.2, 0.25) is 0 Å². The monoisotopic (exact) mass is 206 g/mol. The lowest BCUT2D eigenvalue weighted by molar-refractivity contribution is 0.102. The fourth-order valence-corrected chi connectivity index (χ4v) is 1.84. The lowest BCUT2D eigenvalue weighted by Gasteiger charge is -2.00. The summed E-state index contributed by atoms with van der Waals surface area (Å²) >= 11 is 0. The Morgan fingerprint density at radius 3 is 2.64 bits per heavy atom. The normalized spacial score (nSPS) is 9.86. The highest BCUT2D eigenvalue weighted by atomic mass is 32.2. The third-order valence-electron chi connectivity index (χ3n) is 1.77. The molecule has 0 aromatic heterocycles. The number of carbonyl (C=O) groups is 1. The molecule has 0 saturated heterocycles. The van der Waals surface area contributed by atoms with Gasteiger partial charge in [-0.05, 0) is 23.0 Å². The first kappa shape index (κ1) is 10.8.